The molecule has 1 aliphatic carbocycles. The molecular weight excluding hydrogens is 213 g/mol. The van der Waals surface area contributed by atoms with E-state index in [0.717, 1.165) is 0 Å². The number of alkyl halides is 3. The lowest BCUT2D eigenvalue weighted by molar-refractivity contribution is -0.0166. The molecule has 0 nitrogen and oxygen atoms in total. The number of hydrogen-bond donors (Lipinski definition) is 0. The summed E-state index contributed by atoms with van der Waals surface area (Å²) in [6.07, 6.45) is 3.21. The fraction of sp³-hybridized carbons (Fsp3) is 0.231. The Hall–Kier alpha value is -1.51. The van der Waals surface area contributed by atoms with Crippen molar-refractivity contribution in [3.05, 3.63) is 60.2 Å². The van der Waals surface area contributed by atoms with Crippen LogP contribution in [-0.4, -0.2) is 12.1 Å². The number of benzene rings is 1. The van der Waals surface area contributed by atoms with Crippen LogP contribution >= 0.6 is 0 Å². The van der Waals surface area contributed by atoms with Crippen molar-refractivity contribution in [3.8, 4) is 0 Å². The molecule has 2 unspecified atom stereocenters. The fourth-order valence-electron chi connectivity index (χ4n) is 1.79. The minimum atomic E-state index is -3.08. The van der Waals surface area contributed by atoms with Crippen molar-refractivity contribution in [1.82, 2.24) is 0 Å². The summed E-state index contributed by atoms with van der Waals surface area (Å²) < 4.78 is 39.6. The summed E-state index contributed by atoms with van der Waals surface area (Å²) in [5.41, 5.74) is -2.20. The van der Waals surface area contributed by atoms with Crippen LogP contribution in [0.25, 0.3) is 0 Å². The van der Waals surface area contributed by atoms with E-state index in [1.165, 1.54) is 18.2 Å². The molecule has 83 valence electrons. The average molecular weight is 223 g/mol. The van der Waals surface area contributed by atoms with Gasteiger partial charge in [-0.2, -0.15) is 0 Å². The Kier molecular flexibility index (Phi) is 2.86. The van der Waals surface area contributed by atoms with E-state index in [4.69, 9.17) is 0 Å². The van der Waals surface area contributed by atoms with Crippen molar-refractivity contribution in [2.75, 3.05) is 0 Å². The molecule has 1 aliphatic rings. The van der Waals surface area contributed by atoms with E-state index >= 15 is 0 Å². The second kappa shape index (κ2) is 4.16. The van der Waals surface area contributed by atoms with E-state index < -0.39 is 18.0 Å². The first-order valence-electron chi connectivity index (χ1n) is 4.94. The molecule has 1 radical (unpaired) electrons. The minimum Gasteiger partial charge on any atom is -0.231 e. The van der Waals surface area contributed by atoms with Crippen molar-refractivity contribution in [2.24, 2.45) is 0 Å². The maximum atomic E-state index is 14.1. The summed E-state index contributed by atoms with van der Waals surface area (Å²) in [6, 6.07) is 8.44. The van der Waals surface area contributed by atoms with Crippen LogP contribution in [0, 0.1) is 6.08 Å². The molecule has 2 rings (SSSR count). The molecular formula is C13H10F3. The van der Waals surface area contributed by atoms with E-state index in [1.54, 1.807) is 30.3 Å². The lowest BCUT2D eigenvalue weighted by Gasteiger charge is -2.30. The zero-order valence-corrected chi connectivity index (χ0v) is 8.41. The summed E-state index contributed by atoms with van der Waals surface area (Å²) in [7, 11) is 0. The Labute approximate surface area is 92.1 Å². The van der Waals surface area contributed by atoms with Crippen LogP contribution in [0.3, 0.4) is 0 Å². The first-order valence-corrected chi connectivity index (χ1v) is 4.94. The third kappa shape index (κ3) is 1.77. The van der Waals surface area contributed by atoms with Gasteiger partial charge in [-0.3, -0.25) is 0 Å². The molecule has 0 heterocycles. The van der Waals surface area contributed by atoms with Gasteiger partial charge in [0.25, 0.3) is 6.43 Å². The number of rotatable bonds is 2. The fourth-order valence-corrected chi connectivity index (χ4v) is 1.79. The normalized spacial score (nSPS) is 28.6. The van der Waals surface area contributed by atoms with Crippen LogP contribution in [0.2, 0.25) is 0 Å². The monoisotopic (exact) mass is 223 g/mol. The van der Waals surface area contributed by atoms with Crippen molar-refractivity contribution in [1.29, 1.82) is 0 Å². The molecule has 0 saturated carbocycles. The third-order valence-corrected chi connectivity index (χ3v) is 2.63. The smallest absolute Gasteiger partial charge is 0.231 e. The van der Waals surface area contributed by atoms with E-state index in [0.29, 0.717) is 5.56 Å². The van der Waals surface area contributed by atoms with E-state index in [-0.39, 0.29) is 0 Å². The van der Waals surface area contributed by atoms with Crippen molar-refractivity contribution < 1.29 is 13.2 Å². The first-order chi connectivity index (χ1) is 7.64. The molecule has 1 aromatic carbocycles. The van der Waals surface area contributed by atoms with Crippen LogP contribution in [0.5, 0.6) is 0 Å². The molecule has 16 heavy (non-hydrogen) atoms. The Morgan fingerprint density at radius 1 is 1.19 bits per heavy atom. The van der Waals surface area contributed by atoms with Gasteiger partial charge in [0.1, 0.15) is 0 Å². The van der Waals surface area contributed by atoms with Crippen LogP contribution in [0.15, 0.2) is 48.6 Å². The predicted octanol–water partition coefficient (Wildman–Crippen LogP) is 3.67. The third-order valence-electron chi connectivity index (χ3n) is 2.63. The van der Waals surface area contributed by atoms with Gasteiger partial charge in [0.05, 0.1) is 0 Å². The van der Waals surface area contributed by atoms with E-state index in [9.17, 15) is 13.2 Å². The quantitative estimate of drug-likeness (QED) is 0.717. The molecule has 3 heteroatoms. The summed E-state index contributed by atoms with van der Waals surface area (Å²) in [4.78, 5) is 0. The van der Waals surface area contributed by atoms with Crippen LogP contribution in [0.4, 0.5) is 13.2 Å². The van der Waals surface area contributed by atoms with Crippen LogP contribution < -0.4 is 0 Å². The maximum Gasteiger partial charge on any atom is 0.277 e. The number of halogens is 3. The summed E-state index contributed by atoms with van der Waals surface area (Å²) >= 11 is 0. The SMILES string of the molecule is FC(F)C1(F)[C]=CC=CC1c1ccccc1. The molecule has 2 atom stereocenters. The van der Waals surface area contributed by atoms with Crippen molar-refractivity contribution in [2.45, 2.75) is 18.0 Å². The first kappa shape index (κ1) is 11.0. The topological polar surface area (TPSA) is 0 Å². The molecule has 0 N–H and O–H groups in total. The van der Waals surface area contributed by atoms with Gasteiger partial charge in [0.15, 0.2) is 0 Å². The van der Waals surface area contributed by atoms with E-state index in [1.807, 2.05) is 0 Å². The van der Waals surface area contributed by atoms with Crippen LogP contribution in [0.1, 0.15) is 11.5 Å². The predicted molar refractivity (Wildman–Crippen MR) is 56.0 cm³/mol. The lowest BCUT2D eigenvalue weighted by Crippen LogP contribution is -2.37. The Balaban J connectivity index is 2.40. The lowest BCUT2D eigenvalue weighted by atomic mass is 9.81. The van der Waals surface area contributed by atoms with Gasteiger partial charge < -0.3 is 0 Å². The Bertz CT molecular complexity index is 408. The van der Waals surface area contributed by atoms with E-state index in [2.05, 4.69) is 6.08 Å². The highest BCUT2D eigenvalue weighted by molar-refractivity contribution is 5.34. The number of allylic oxidation sites excluding steroid dienone is 4. The van der Waals surface area contributed by atoms with Crippen LogP contribution in [-0.2, 0) is 0 Å². The Morgan fingerprint density at radius 2 is 1.88 bits per heavy atom. The highest BCUT2D eigenvalue weighted by Gasteiger charge is 2.46. The molecule has 0 amide bonds. The summed E-state index contributed by atoms with van der Waals surface area (Å²) in [6.45, 7) is 0. The Morgan fingerprint density at radius 3 is 2.50 bits per heavy atom. The molecule has 1 aromatic rings. The molecule has 0 bridgehead atoms. The van der Waals surface area contributed by atoms with Gasteiger partial charge in [-0.1, -0.05) is 48.6 Å². The highest BCUT2D eigenvalue weighted by Crippen LogP contribution is 2.40. The summed E-state index contributed by atoms with van der Waals surface area (Å²) in [5.74, 6) is -0.973. The van der Waals surface area contributed by atoms with Gasteiger partial charge in [-0.25, -0.2) is 13.2 Å². The molecule has 0 aliphatic heterocycles. The van der Waals surface area contributed by atoms with Gasteiger partial charge in [0.2, 0.25) is 5.67 Å². The second-order valence-corrected chi connectivity index (χ2v) is 3.65. The molecule has 0 spiro atoms. The van der Waals surface area contributed by atoms with Gasteiger partial charge in [-0.05, 0) is 5.56 Å². The molecule has 0 fully saturated rings. The molecule has 0 aromatic heterocycles. The average Bonchev–Trinajstić information content (AvgIpc) is 2.30. The van der Waals surface area contributed by atoms with Gasteiger partial charge >= 0.3 is 0 Å². The van der Waals surface area contributed by atoms with Gasteiger partial charge in [-0.15, -0.1) is 0 Å². The zero-order chi connectivity index (χ0) is 11.6. The standard InChI is InChI=1S/C13H10F3/c14-12(15)13(16)9-5-4-8-11(13)10-6-2-1-3-7-10/h1-8,11-12H. The number of hydrogen-bond acceptors (Lipinski definition) is 0. The van der Waals surface area contributed by atoms with Crippen molar-refractivity contribution in [3.63, 3.8) is 0 Å². The summed E-state index contributed by atoms with van der Waals surface area (Å²) in [5, 5.41) is 0. The molecule has 0 saturated heterocycles. The van der Waals surface area contributed by atoms with Gasteiger partial charge in [0, 0.05) is 12.0 Å². The maximum absolute atomic E-state index is 14.1. The van der Waals surface area contributed by atoms with Crippen molar-refractivity contribution >= 4 is 0 Å². The minimum absolute atomic E-state index is 0.530. The highest BCUT2D eigenvalue weighted by atomic mass is 19.3. The zero-order valence-electron chi connectivity index (χ0n) is 8.41. The largest absolute Gasteiger partial charge is 0.277 e. The second-order valence-electron chi connectivity index (χ2n) is 3.65.